The van der Waals surface area contributed by atoms with Crippen molar-refractivity contribution in [3.63, 3.8) is 0 Å². The molecule has 65 heavy (non-hydrogen) atoms. The third kappa shape index (κ3) is 16.0. The van der Waals surface area contributed by atoms with Gasteiger partial charge in [-0.25, -0.2) is 18.0 Å². The van der Waals surface area contributed by atoms with E-state index in [1.54, 1.807) is 73.3 Å². The van der Waals surface area contributed by atoms with E-state index in [2.05, 4.69) is 15.6 Å². The van der Waals surface area contributed by atoms with Crippen molar-refractivity contribution in [1.82, 2.24) is 9.80 Å². The summed E-state index contributed by atoms with van der Waals surface area (Å²) in [6, 6.07) is 22.9. The third-order valence-electron chi connectivity index (χ3n) is 9.87. The van der Waals surface area contributed by atoms with Crippen LogP contribution in [0.1, 0.15) is 37.1 Å². The van der Waals surface area contributed by atoms with E-state index in [-0.39, 0.29) is 39.0 Å². The molecule has 2 heterocycles. The summed E-state index contributed by atoms with van der Waals surface area (Å²) in [5, 5.41) is 13.3. The Kier molecular flexibility index (Phi) is 20.8. The van der Waals surface area contributed by atoms with Crippen LogP contribution in [0.2, 0.25) is 30.1 Å². The Morgan fingerprint density at radius 3 is 1.29 bits per heavy atom. The van der Waals surface area contributed by atoms with Gasteiger partial charge in [0, 0.05) is 57.0 Å². The molecule has 0 saturated carbocycles. The molecule has 2 aliphatic heterocycles. The van der Waals surface area contributed by atoms with Gasteiger partial charge in [-0.2, -0.15) is 8.42 Å². The van der Waals surface area contributed by atoms with Crippen molar-refractivity contribution in [1.29, 1.82) is 0 Å². The van der Waals surface area contributed by atoms with Crippen LogP contribution < -0.4 is 9.80 Å². The van der Waals surface area contributed by atoms with Crippen LogP contribution in [0.4, 0.5) is 21.0 Å². The highest BCUT2D eigenvalue weighted by molar-refractivity contribution is 8.13. The zero-order chi connectivity index (χ0) is 48.2. The number of piperazine rings is 2. The van der Waals surface area contributed by atoms with E-state index in [0.717, 1.165) is 29.3 Å². The van der Waals surface area contributed by atoms with E-state index in [0.29, 0.717) is 55.5 Å². The fraction of sp³-hybridized carbons (Fsp3) is 0.381. The standard InChI is InChI=1S/C21H23Cl3N2O5S.C20H21Cl3N2O3.CH3ClO2S/c1-3-30-21(27)26-11-10-25(18-9-8-16(23)12-17(18)24)20(14-4-6-15(22)7-5-14)19(26)13-31-32(2,28)29;1-2-28-20(27)25-10-9-24(17-8-7-15(22)11-16(17)23)19(18(25)12-26)13-3-5-14(21)6-4-13;1-5(2,3)4/h4-9,12,19-20H,3,10-11,13H2,1-2H3;3-8,11,18-19,26H,2,9-10,12H2,1H3;1H3/t19-,20+;18-,19+;/m11./s1. The molecule has 0 spiro atoms. The van der Waals surface area contributed by atoms with Crippen LogP contribution in [0.5, 0.6) is 0 Å². The van der Waals surface area contributed by atoms with E-state index in [1.807, 2.05) is 35.2 Å². The van der Waals surface area contributed by atoms with E-state index in [1.165, 1.54) is 4.90 Å². The molecule has 4 aromatic rings. The average Bonchev–Trinajstić information content (AvgIpc) is 3.22. The van der Waals surface area contributed by atoms with E-state index < -0.39 is 49.5 Å². The molecule has 0 aliphatic carbocycles. The summed E-state index contributed by atoms with van der Waals surface area (Å²) in [6.07, 6.45) is 0.905. The summed E-state index contributed by atoms with van der Waals surface area (Å²) in [7, 11) is -2.45. The van der Waals surface area contributed by atoms with Gasteiger partial charge in [-0.3, -0.25) is 14.0 Å². The number of ether oxygens (including phenoxy) is 2. The predicted octanol–water partition coefficient (Wildman–Crippen LogP) is 10.2. The van der Waals surface area contributed by atoms with Crippen LogP contribution in [0.3, 0.4) is 0 Å². The summed E-state index contributed by atoms with van der Waals surface area (Å²) >= 11 is 37.2. The first kappa shape index (κ1) is 54.5. The fourth-order valence-corrected chi connectivity index (χ4v) is 9.00. The molecule has 2 fully saturated rings. The Morgan fingerprint density at radius 2 is 0.954 bits per heavy atom. The van der Waals surface area contributed by atoms with Gasteiger partial charge in [-0.05, 0) is 85.6 Å². The van der Waals surface area contributed by atoms with Gasteiger partial charge in [0.05, 0.1) is 84.5 Å². The maximum absolute atomic E-state index is 12.7. The highest BCUT2D eigenvalue weighted by Gasteiger charge is 2.43. The van der Waals surface area contributed by atoms with Crippen molar-refractivity contribution in [2.45, 2.75) is 38.0 Å². The summed E-state index contributed by atoms with van der Waals surface area (Å²) < 4.78 is 57.9. The van der Waals surface area contributed by atoms with Crippen LogP contribution in [0.15, 0.2) is 84.9 Å². The summed E-state index contributed by atoms with van der Waals surface area (Å²) in [5.74, 6) is 0. The first-order valence-electron chi connectivity index (χ1n) is 19.7. The van der Waals surface area contributed by atoms with Gasteiger partial charge < -0.3 is 24.4 Å². The lowest BCUT2D eigenvalue weighted by Gasteiger charge is -2.48. The minimum absolute atomic E-state index is 0.188. The van der Waals surface area contributed by atoms with Gasteiger partial charge in [-0.15, -0.1) is 0 Å². The van der Waals surface area contributed by atoms with Crippen LogP contribution in [0, 0.1) is 0 Å². The first-order valence-corrected chi connectivity index (χ1v) is 26.5. The third-order valence-corrected chi connectivity index (χ3v) is 12.0. The molecule has 0 bridgehead atoms. The maximum Gasteiger partial charge on any atom is 0.410 e. The predicted molar refractivity (Wildman–Crippen MR) is 260 cm³/mol. The molecular formula is C42H47Cl7N4O10S2. The Labute approximate surface area is 414 Å². The molecule has 4 aromatic carbocycles. The number of nitrogens with zero attached hydrogens (tertiary/aromatic N) is 4. The van der Waals surface area contributed by atoms with Crippen molar-refractivity contribution in [2.75, 3.05) is 74.9 Å². The van der Waals surface area contributed by atoms with Gasteiger partial charge in [0.2, 0.25) is 9.05 Å². The largest absolute Gasteiger partial charge is 0.450 e. The second-order valence-electron chi connectivity index (χ2n) is 14.3. The highest BCUT2D eigenvalue weighted by atomic mass is 35.7. The molecule has 356 valence electrons. The van der Waals surface area contributed by atoms with Gasteiger partial charge >= 0.3 is 12.2 Å². The number of benzene rings is 4. The molecular weight excluding hydrogens is 1030 g/mol. The molecule has 2 amide bonds. The van der Waals surface area contributed by atoms with Crippen molar-refractivity contribution in [2.24, 2.45) is 0 Å². The van der Waals surface area contributed by atoms with Crippen LogP contribution in [0.25, 0.3) is 0 Å². The van der Waals surface area contributed by atoms with Crippen molar-refractivity contribution < 1.29 is 45.2 Å². The SMILES string of the molecule is CCOC(=O)N1CCN(c2ccc(Cl)cc2Cl)[C@@H](c2ccc(Cl)cc2)[C@H]1CO.CCOC(=O)N1CCN(c2ccc(Cl)cc2Cl)[C@@H](c2ccc(Cl)cc2)[C@H]1COS(C)(=O)=O.CS(=O)(=O)Cl. The molecule has 6 rings (SSSR count). The number of carbonyl (C=O) groups excluding carboxylic acids is 2. The van der Waals surface area contributed by atoms with Crippen molar-refractivity contribution >= 4 is 123 Å². The normalized spacial score (nSPS) is 18.8. The van der Waals surface area contributed by atoms with E-state index in [4.69, 9.17) is 83.3 Å². The van der Waals surface area contributed by atoms with Crippen molar-refractivity contribution in [3.05, 3.63) is 126 Å². The van der Waals surface area contributed by atoms with Gasteiger partial charge in [0.25, 0.3) is 10.1 Å². The summed E-state index contributed by atoms with van der Waals surface area (Å²) in [5.41, 5.74) is 3.19. The molecule has 4 atom stereocenters. The Morgan fingerprint density at radius 1 is 0.600 bits per heavy atom. The number of rotatable bonds is 10. The smallest absolute Gasteiger partial charge is 0.410 e. The quantitative estimate of drug-likeness (QED) is 0.118. The molecule has 1 N–H and O–H groups in total. The van der Waals surface area contributed by atoms with Gasteiger partial charge in [-0.1, -0.05) is 93.9 Å². The number of carbonyl (C=O) groups is 2. The monoisotopic (exact) mass is 1080 g/mol. The number of anilines is 2. The van der Waals surface area contributed by atoms with E-state index >= 15 is 0 Å². The minimum Gasteiger partial charge on any atom is -0.450 e. The highest BCUT2D eigenvalue weighted by Crippen LogP contribution is 2.42. The lowest BCUT2D eigenvalue weighted by Crippen LogP contribution is -2.59. The number of halogens is 7. The Balaban J connectivity index is 0.000000259. The minimum atomic E-state index is -3.76. The van der Waals surface area contributed by atoms with Crippen molar-refractivity contribution in [3.8, 4) is 0 Å². The first-order chi connectivity index (χ1) is 30.6. The zero-order valence-electron chi connectivity index (χ0n) is 35.4. The van der Waals surface area contributed by atoms with E-state index in [9.17, 15) is 31.5 Å². The topological polar surface area (TPSA) is 163 Å². The lowest BCUT2D eigenvalue weighted by atomic mass is 9.93. The van der Waals surface area contributed by atoms with Crippen LogP contribution in [-0.2, 0) is 32.8 Å². The molecule has 2 aliphatic rings. The maximum atomic E-state index is 12.7. The Bertz CT molecular complexity index is 2450. The number of hydrogen-bond acceptors (Lipinski definition) is 12. The van der Waals surface area contributed by atoms with Gasteiger partial charge in [0.1, 0.15) is 0 Å². The Hall–Kier alpha value is -3.13. The van der Waals surface area contributed by atoms with Crippen LogP contribution in [-0.4, -0.2) is 121 Å². The van der Waals surface area contributed by atoms with Crippen LogP contribution >= 0.6 is 80.3 Å². The average molecular weight is 1080 g/mol. The summed E-state index contributed by atoms with van der Waals surface area (Å²) in [4.78, 5) is 32.4. The van der Waals surface area contributed by atoms with Gasteiger partial charge in [0.15, 0.2) is 0 Å². The summed E-state index contributed by atoms with van der Waals surface area (Å²) in [6.45, 7) is 5.05. The zero-order valence-corrected chi connectivity index (χ0v) is 42.3. The fourth-order valence-electron chi connectivity index (χ4n) is 7.33. The molecule has 0 radical (unpaired) electrons. The molecule has 23 heteroatoms. The molecule has 2 saturated heterocycles. The lowest BCUT2D eigenvalue weighted by molar-refractivity contribution is 0.0524. The molecule has 0 aromatic heterocycles. The number of hydrogen-bond donors (Lipinski definition) is 1. The second-order valence-corrected chi connectivity index (χ2v) is 21.6. The number of amides is 2. The number of aliphatic hydroxyl groups excluding tert-OH is 1. The second kappa shape index (κ2) is 24.8. The molecule has 14 nitrogen and oxygen atoms in total. The molecule has 0 unspecified atom stereocenters. The number of aliphatic hydroxyl groups is 1.